The number of benzene rings is 1. The SMILES string of the molecule is Cc1cccc(OCCSc2ccc(N)nc2)c1. The summed E-state index contributed by atoms with van der Waals surface area (Å²) in [4.78, 5) is 5.15. The maximum Gasteiger partial charge on any atom is 0.123 e. The first-order valence-electron chi connectivity index (χ1n) is 5.78. The van der Waals surface area contributed by atoms with Crippen LogP contribution in [0.15, 0.2) is 47.5 Å². The maximum atomic E-state index is 5.67. The molecule has 3 nitrogen and oxygen atoms in total. The average Bonchev–Trinajstić information content (AvgIpc) is 2.37. The third-order valence-electron chi connectivity index (χ3n) is 2.37. The zero-order valence-corrected chi connectivity index (χ0v) is 11.1. The molecule has 0 bridgehead atoms. The number of pyridine rings is 1. The molecule has 2 N–H and O–H groups in total. The third kappa shape index (κ3) is 3.96. The molecule has 0 fully saturated rings. The molecule has 0 atom stereocenters. The summed E-state index contributed by atoms with van der Waals surface area (Å²) in [6, 6.07) is 11.9. The van der Waals surface area contributed by atoms with Gasteiger partial charge in [-0.3, -0.25) is 0 Å². The monoisotopic (exact) mass is 260 g/mol. The van der Waals surface area contributed by atoms with Crippen molar-refractivity contribution in [2.24, 2.45) is 0 Å². The molecule has 1 aromatic carbocycles. The van der Waals surface area contributed by atoms with Crippen molar-refractivity contribution in [2.45, 2.75) is 11.8 Å². The molecule has 0 spiro atoms. The molecule has 0 radical (unpaired) electrons. The van der Waals surface area contributed by atoms with E-state index in [0.717, 1.165) is 16.4 Å². The van der Waals surface area contributed by atoms with Gasteiger partial charge in [0.05, 0.1) is 6.61 Å². The first-order chi connectivity index (χ1) is 8.74. The van der Waals surface area contributed by atoms with Crippen molar-refractivity contribution in [1.82, 2.24) is 4.98 Å². The van der Waals surface area contributed by atoms with Gasteiger partial charge in [0, 0.05) is 16.8 Å². The summed E-state index contributed by atoms with van der Waals surface area (Å²) < 4.78 is 5.67. The second kappa shape index (κ2) is 6.31. The quantitative estimate of drug-likeness (QED) is 0.662. The largest absolute Gasteiger partial charge is 0.493 e. The highest BCUT2D eigenvalue weighted by Gasteiger charge is 1.97. The van der Waals surface area contributed by atoms with E-state index in [1.807, 2.05) is 30.3 Å². The molecule has 0 aliphatic rings. The minimum absolute atomic E-state index is 0.551. The Balaban J connectivity index is 1.74. The Labute approximate surface area is 111 Å². The van der Waals surface area contributed by atoms with Gasteiger partial charge in [-0.25, -0.2) is 4.98 Å². The average molecular weight is 260 g/mol. The van der Waals surface area contributed by atoms with Gasteiger partial charge in [0.1, 0.15) is 11.6 Å². The van der Waals surface area contributed by atoms with Crippen LogP contribution in [0.1, 0.15) is 5.56 Å². The lowest BCUT2D eigenvalue weighted by atomic mass is 10.2. The number of nitrogen functional groups attached to an aromatic ring is 1. The van der Waals surface area contributed by atoms with Gasteiger partial charge in [-0.2, -0.15) is 0 Å². The number of anilines is 1. The van der Waals surface area contributed by atoms with Crippen molar-refractivity contribution in [3.05, 3.63) is 48.2 Å². The molecule has 4 heteroatoms. The number of hydrogen-bond acceptors (Lipinski definition) is 4. The molecule has 94 valence electrons. The summed E-state index contributed by atoms with van der Waals surface area (Å²) in [6.07, 6.45) is 1.78. The van der Waals surface area contributed by atoms with Crippen LogP contribution >= 0.6 is 11.8 Å². The Hall–Kier alpha value is -1.68. The molecule has 0 amide bonds. The highest BCUT2D eigenvalue weighted by Crippen LogP contribution is 2.18. The number of nitrogens with two attached hydrogens (primary N) is 1. The molecule has 0 aliphatic heterocycles. The Morgan fingerprint density at radius 2 is 2.17 bits per heavy atom. The van der Waals surface area contributed by atoms with Crippen molar-refractivity contribution in [3.63, 3.8) is 0 Å². The maximum absolute atomic E-state index is 5.67. The van der Waals surface area contributed by atoms with Crippen LogP contribution in [-0.2, 0) is 0 Å². The fourth-order valence-electron chi connectivity index (χ4n) is 1.50. The second-order valence-electron chi connectivity index (χ2n) is 3.93. The van der Waals surface area contributed by atoms with Crippen LogP contribution in [0.2, 0.25) is 0 Å². The van der Waals surface area contributed by atoms with Crippen LogP contribution in [0.5, 0.6) is 5.75 Å². The van der Waals surface area contributed by atoms with Crippen molar-refractivity contribution in [3.8, 4) is 5.75 Å². The van der Waals surface area contributed by atoms with E-state index in [-0.39, 0.29) is 0 Å². The number of aryl methyl sites for hydroxylation is 1. The Kier molecular flexibility index (Phi) is 4.47. The normalized spacial score (nSPS) is 10.3. The van der Waals surface area contributed by atoms with E-state index in [2.05, 4.69) is 18.0 Å². The summed E-state index contributed by atoms with van der Waals surface area (Å²) in [5.74, 6) is 2.36. The molecule has 1 heterocycles. The van der Waals surface area contributed by atoms with Crippen molar-refractivity contribution in [2.75, 3.05) is 18.1 Å². The minimum atomic E-state index is 0.551. The molecule has 18 heavy (non-hydrogen) atoms. The molecule has 0 saturated heterocycles. The first-order valence-corrected chi connectivity index (χ1v) is 6.76. The van der Waals surface area contributed by atoms with Gasteiger partial charge in [-0.15, -0.1) is 11.8 Å². The summed E-state index contributed by atoms with van der Waals surface area (Å²) in [5.41, 5.74) is 6.74. The number of rotatable bonds is 5. The zero-order chi connectivity index (χ0) is 12.8. The zero-order valence-electron chi connectivity index (χ0n) is 10.3. The van der Waals surface area contributed by atoms with E-state index in [0.29, 0.717) is 12.4 Å². The Morgan fingerprint density at radius 3 is 2.89 bits per heavy atom. The lowest BCUT2D eigenvalue weighted by molar-refractivity contribution is 0.344. The Morgan fingerprint density at radius 1 is 1.28 bits per heavy atom. The minimum Gasteiger partial charge on any atom is -0.493 e. The van der Waals surface area contributed by atoms with Crippen LogP contribution in [0.25, 0.3) is 0 Å². The predicted molar refractivity (Wildman–Crippen MR) is 76.0 cm³/mol. The van der Waals surface area contributed by atoms with Gasteiger partial charge in [-0.05, 0) is 36.8 Å². The molecule has 0 saturated carbocycles. The molecule has 2 rings (SSSR count). The first kappa shape index (κ1) is 12.8. The van der Waals surface area contributed by atoms with Gasteiger partial charge < -0.3 is 10.5 Å². The molecular weight excluding hydrogens is 244 g/mol. The van der Waals surface area contributed by atoms with Crippen LogP contribution in [0.4, 0.5) is 5.82 Å². The van der Waals surface area contributed by atoms with Crippen LogP contribution in [0.3, 0.4) is 0 Å². The lowest BCUT2D eigenvalue weighted by Gasteiger charge is -2.06. The van der Waals surface area contributed by atoms with E-state index >= 15 is 0 Å². The fraction of sp³-hybridized carbons (Fsp3) is 0.214. The van der Waals surface area contributed by atoms with E-state index in [9.17, 15) is 0 Å². The van der Waals surface area contributed by atoms with E-state index in [1.54, 1.807) is 18.0 Å². The lowest BCUT2D eigenvalue weighted by Crippen LogP contribution is -2.00. The highest BCUT2D eigenvalue weighted by molar-refractivity contribution is 7.99. The molecular formula is C14H16N2OS. The smallest absolute Gasteiger partial charge is 0.123 e. The topological polar surface area (TPSA) is 48.1 Å². The number of nitrogens with zero attached hydrogens (tertiary/aromatic N) is 1. The van der Waals surface area contributed by atoms with Crippen LogP contribution in [0, 0.1) is 6.92 Å². The molecule has 2 aromatic rings. The summed E-state index contributed by atoms with van der Waals surface area (Å²) in [6.45, 7) is 2.74. The summed E-state index contributed by atoms with van der Waals surface area (Å²) >= 11 is 1.71. The van der Waals surface area contributed by atoms with Gasteiger partial charge >= 0.3 is 0 Å². The van der Waals surface area contributed by atoms with Crippen molar-refractivity contribution >= 4 is 17.6 Å². The van der Waals surface area contributed by atoms with Crippen molar-refractivity contribution in [1.29, 1.82) is 0 Å². The van der Waals surface area contributed by atoms with Gasteiger partial charge in [0.25, 0.3) is 0 Å². The van der Waals surface area contributed by atoms with E-state index in [1.165, 1.54) is 5.56 Å². The van der Waals surface area contributed by atoms with E-state index < -0.39 is 0 Å². The standard InChI is InChI=1S/C14H16N2OS/c1-11-3-2-4-12(9-11)17-7-8-18-13-5-6-14(15)16-10-13/h2-6,9-10H,7-8H2,1H3,(H2,15,16). The fourth-order valence-corrected chi connectivity index (χ4v) is 2.20. The Bertz CT molecular complexity index is 499. The van der Waals surface area contributed by atoms with Gasteiger partial charge in [0.15, 0.2) is 0 Å². The predicted octanol–water partition coefficient (Wildman–Crippen LogP) is 3.14. The number of aromatic nitrogens is 1. The van der Waals surface area contributed by atoms with Crippen LogP contribution < -0.4 is 10.5 Å². The molecule has 0 unspecified atom stereocenters. The van der Waals surface area contributed by atoms with E-state index in [4.69, 9.17) is 10.5 Å². The summed E-state index contributed by atoms with van der Waals surface area (Å²) in [5, 5.41) is 0. The third-order valence-corrected chi connectivity index (χ3v) is 3.32. The molecule has 0 aliphatic carbocycles. The van der Waals surface area contributed by atoms with Gasteiger partial charge in [0.2, 0.25) is 0 Å². The van der Waals surface area contributed by atoms with Crippen molar-refractivity contribution < 1.29 is 4.74 Å². The number of hydrogen-bond donors (Lipinski definition) is 1. The van der Waals surface area contributed by atoms with Gasteiger partial charge in [-0.1, -0.05) is 12.1 Å². The number of ether oxygens (including phenoxy) is 1. The highest BCUT2D eigenvalue weighted by atomic mass is 32.2. The second-order valence-corrected chi connectivity index (χ2v) is 5.10. The van der Waals surface area contributed by atoms with Crippen LogP contribution in [-0.4, -0.2) is 17.3 Å². The summed E-state index contributed by atoms with van der Waals surface area (Å²) in [7, 11) is 0. The number of thioether (sulfide) groups is 1. The molecule has 1 aromatic heterocycles.